The first kappa shape index (κ1) is 13.9. The van der Waals surface area contributed by atoms with Crippen LogP contribution in [0.3, 0.4) is 0 Å². The van der Waals surface area contributed by atoms with Crippen molar-refractivity contribution in [2.45, 2.75) is 13.0 Å². The molecule has 0 aliphatic heterocycles. The molecule has 1 heterocycles. The summed E-state index contributed by atoms with van der Waals surface area (Å²) in [5, 5.41) is 10.4. The quantitative estimate of drug-likeness (QED) is 0.882. The van der Waals surface area contributed by atoms with Crippen molar-refractivity contribution in [3.63, 3.8) is 0 Å². The number of ether oxygens (including phenoxy) is 1. The Kier molecular flexibility index (Phi) is 4.33. The summed E-state index contributed by atoms with van der Waals surface area (Å²) >= 11 is 10.7. The van der Waals surface area contributed by atoms with E-state index in [0.29, 0.717) is 10.1 Å². The number of aliphatic hydroxyl groups excluding tert-OH is 1. The van der Waals surface area contributed by atoms with Gasteiger partial charge in [-0.25, -0.2) is 0 Å². The van der Waals surface area contributed by atoms with E-state index in [1.807, 2.05) is 31.2 Å². The first-order valence-corrected chi connectivity index (χ1v) is 7.29. The average molecular weight is 348 g/mol. The van der Waals surface area contributed by atoms with E-state index >= 15 is 0 Å². The van der Waals surface area contributed by atoms with Gasteiger partial charge >= 0.3 is 0 Å². The Hall–Kier alpha value is -0.550. The molecule has 2 nitrogen and oxygen atoms in total. The molecule has 2 rings (SSSR count). The van der Waals surface area contributed by atoms with E-state index < -0.39 is 6.10 Å². The van der Waals surface area contributed by atoms with Crippen molar-refractivity contribution < 1.29 is 9.84 Å². The lowest BCUT2D eigenvalue weighted by Crippen LogP contribution is -2.01. The number of aliphatic hydroxyl groups is 1. The van der Waals surface area contributed by atoms with Crippen LogP contribution in [0.15, 0.2) is 28.7 Å². The maximum absolute atomic E-state index is 10.4. The first-order chi connectivity index (χ1) is 8.52. The topological polar surface area (TPSA) is 29.5 Å². The van der Waals surface area contributed by atoms with Gasteiger partial charge in [0.2, 0.25) is 0 Å². The van der Waals surface area contributed by atoms with Crippen molar-refractivity contribution in [3.8, 4) is 5.75 Å². The molecule has 1 atom stereocenters. The lowest BCUT2D eigenvalue weighted by atomic mass is 10.0. The van der Waals surface area contributed by atoms with Gasteiger partial charge in [-0.3, -0.25) is 0 Å². The summed E-state index contributed by atoms with van der Waals surface area (Å²) in [5.74, 6) is 0.675. The molecule has 1 aromatic carbocycles. The Labute approximate surface area is 123 Å². The smallest absolute Gasteiger partial charge is 0.125 e. The average Bonchev–Trinajstić information content (AvgIpc) is 2.68. The van der Waals surface area contributed by atoms with Gasteiger partial charge in [0.15, 0.2) is 0 Å². The van der Waals surface area contributed by atoms with Crippen LogP contribution >= 0.6 is 38.9 Å². The minimum atomic E-state index is -0.728. The zero-order chi connectivity index (χ0) is 13.3. The molecular weight excluding hydrogens is 336 g/mol. The molecule has 1 aromatic heterocycles. The molecule has 96 valence electrons. The normalized spacial score (nSPS) is 12.5. The number of hydrogen-bond donors (Lipinski definition) is 1. The fraction of sp³-hybridized carbons (Fsp3) is 0.231. The van der Waals surface area contributed by atoms with Crippen LogP contribution in [-0.4, -0.2) is 12.2 Å². The molecule has 1 unspecified atom stereocenters. The zero-order valence-corrected chi connectivity index (χ0v) is 13.1. The van der Waals surface area contributed by atoms with E-state index in [1.54, 1.807) is 7.11 Å². The third-order valence-electron chi connectivity index (χ3n) is 2.61. The number of hydrogen-bond acceptors (Lipinski definition) is 3. The molecule has 0 aliphatic carbocycles. The molecule has 0 radical (unpaired) electrons. The molecule has 5 heteroatoms. The van der Waals surface area contributed by atoms with Gasteiger partial charge in [0.25, 0.3) is 0 Å². The van der Waals surface area contributed by atoms with Gasteiger partial charge < -0.3 is 9.84 Å². The molecule has 0 saturated carbocycles. The maximum Gasteiger partial charge on any atom is 0.125 e. The Bertz CT molecular complexity index is 549. The van der Waals surface area contributed by atoms with Crippen LogP contribution < -0.4 is 4.74 Å². The summed E-state index contributed by atoms with van der Waals surface area (Å²) in [6.07, 6.45) is -0.728. The van der Waals surface area contributed by atoms with Gasteiger partial charge in [-0.05, 0) is 41.1 Å². The summed E-state index contributed by atoms with van der Waals surface area (Å²) in [7, 11) is 1.60. The van der Waals surface area contributed by atoms with Gasteiger partial charge in [0, 0.05) is 14.9 Å². The van der Waals surface area contributed by atoms with E-state index in [4.69, 9.17) is 16.3 Å². The van der Waals surface area contributed by atoms with E-state index in [-0.39, 0.29) is 0 Å². The highest BCUT2D eigenvalue weighted by atomic mass is 79.9. The predicted molar refractivity (Wildman–Crippen MR) is 78.8 cm³/mol. The van der Waals surface area contributed by atoms with Crippen molar-refractivity contribution in [2.75, 3.05) is 7.11 Å². The Balaban J connectivity index is 2.44. The highest BCUT2D eigenvalue weighted by Crippen LogP contribution is 2.39. The summed E-state index contributed by atoms with van der Waals surface area (Å²) in [5.41, 5.74) is 1.83. The second-order valence-electron chi connectivity index (χ2n) is 3.92. The SMILES string of the molecule is COc1ccc(C)cc1C(O)c1cc(Br)c(Cl)s1. The minimum Gasteiger partial charge on any atom is -0.496 e. The molecule has 2 aromatic rings. The second kappa shape index (κ2) is 5.61. The van der Waals surface area contributed by atoms with Crippen molar-refractivity contribution in [2.24, 2.45) is 0 Å². The molecule has 0 saturated heterocycles. The fourth-order valence-corrected chi connectivity index (χ4v) is 3.46. The minimum absolute atomic E-state index is 0.635. The third kappa shape index (κ3) is 2.72. The van der Waals surface area contributed by atoms with Gasteiger partial charge in [-0.1, -0.05) is 23.2 Å². The van der Waals surface area contributed by atoms with Crippen LogP contribution in [0.4, 0.5) is 0 Å². The monoisotopic (exact) mass is 346 g/mol. The Morgan fingerprint density at radius 1 is 1.39 bits per heavy atom. The van der Waals surface area contributed by atoms with Crippen molar-refractivity contribution in [1.29, 1.82) is 0 Å². The number of benzene rings is 1. The number of methoxy groups -OCH3 is 1. The van der Waals surface area contributed by atoms with Crippen molar-refractivity contribution in [3.05, 3.63) is 49.1 Å². The first-order valence-electron chi connectivity index (χ1n) is 5.30. The summed E-state index contributed by atoms with van der Waals surface area (Å²) in [6, 6.07) is 7.56. The zero-order valence-electron chi connectivity index (χ0n) is 9.91. The van der Waals surface area contributed by atoms with Crippen LogP contribution in [0.2, 0.25) is 4.34 Å². The number of halogens is 2. The lowest BCUT2D eigenvalue weighted by Gasteiger charge is -2.14. The van der Waals surface area contributed by atoms with Crippen LogP contribution in [0.5, 0.6) is 5.75 Å². The molecule has 0 aliphatic rings. The molecular formula is C13H12BrClO2S. The molecule has 18 heavy (non-hydrogen) atoms. The van der Waals surface area contributed by atoms with E-state index in [0.717, 1.165) is 20.5 Å². The largest absolute Gasteiger partial charge is 0.496 e. The highest BCUT2D eigenvalue weighted by Gasteiger charge is 2.19. The van der Waals surface area contributed by atoms with Crippen LogP contribution in [0.25, 0.3) is 0 Å². The van der Waals surface area contributed by atoms with Crippen LogP contribution in [0.1, 0.15) is 22.1 Å². The summed E-state index contributed by atoms with van der Waals surface area (Å²) in [4.78, 5) is 0.788. The fourth-order valence-electron chi connectivity index (χ4n) is 1.72. The highest BCUT2D eigenvalue weighted by molar-refractivity contribution is 9.10. The van der Waals surface area contributed by atoms with Gasteiger partial charge in [-0.15, -0.1) is 11.3 Å². The Morgan fingerprint density at radius 2 is 2.11 bits per heavy atom. The van der Waals surface area contributed by atoms with Gasteiger partial charge in [-0.2, -0.15) is 0 Å². The number of rotatable bonds is 3. The third-order valence-corrected chi connectivity index (χ3v) is 5.14. The molecule has 0 bridgehead atoms. The maximum atomic E-state index is 10.4. The van der Waals surface area contributed by atoms with Crippen LogP contribution in [0, 0.1) is 6.92 Å². The molecule has 0 amide bonds. The molecule has 0 fully saturated rings. The summed E-state index contributed by atoms with van der Waals surface area (Å²) in [6.45, 7) is 1.98. The number of aryl methyl sites for hydroxylation is 1. The van der Waals surface area contributed by atoms with E-state index in [1.165, 1.54) is 11.3 Å². The predicted octanol–water partition coefficient (Wildman–Crippen LogP) is 4.56. The van der Waals surface area contributed by atoms with Crippen molar-refractivity contribution >= 4 is 38.9 Å². The van der Waals surface area contributed by atoms with Gasteiger partial charge in [0.1, 0.15) is 16.2 Å². The second-order valence-corrected chi connectivity index (χ2v) is 6.46. The number of thiophene rings is 1. The standard InChI is InChI=1S/C13H12BrClO2S/c1-7-3-4-10(17-2)8(5-7)12(16)11-6-9(14)13(15)18-11/h3-6,12,16H,1-2H3. The molecule has 0 spiro atoms. The van der Waals surface area contributed by atoms with E-state index in [9.17, 15) is 5.11 Å². The molecule has 1 N–H and O–H groups in total. The van der Waals surface area contributed by atoms with E-state index in [2.05, 4.69) is 15.9 Å². The lowest BCUT2D eigenvalue weighted by molar-refractivity contribution is 0.218. The summed E-state index contributed by atoms with van der Waals surface area (Å²) < 4.78 is 6.72. The van der Waals surface area contributed by atoms with Crippen LogP contribution in [-0.2, 0) is 0 Å². The van der Waals surface area contributed by atoms with Crippen molar-refractivity contribution in [1.82, 2.24) is 0 Å². The Morgan fingerprint density at radius 3 is 2.67 bits per heavy atom. The van der Waals surface area contributed by atoms with Gasteiger partial charge in [0.05, 0.1) is 7.11 Å².